The highest BCUT2D eigenvalue weighted by atomic mass is 16.5. The van der Waals surface area contributed by atoms with Crippen LogP contribution in [0.4, 0.5) is 0 Å². The van der Waals surface area contributed by atoms with E-state index in [4.69, 9.17) is 4.74 Å². The van der Waals surface area contributed by atoms with Crippen molar-refractivity contribution in [2.24, 2.45) is 5.92 Å². The second-order valence-corrected chi connectivity index (χ2v) is 13.9. The number of hydrogen-bond acceptors (Lipinski definition) is 7. The van der Waals surface area contributed by atoms with Crippen LogP contribution in [-0.2, 0) is 36.8 Å². The van der Waals surface area contributed by atoms with Gasteiger partial charge in [0.05, 0.1) is 12.5 Å². The fourth-order valence-corrected chi connectivity index (χ4v) is 7.30. The third kappa shape index (κ3) is 8.59. The van der Waals surface area contributed by atoms with Crippen LogP contribution in [0.2, 0.25) is 0 Å². The summed E-state index contributed by atoms with van der Waals surface area (Å²) >= 11 is 0. The number of benzene rings is 2. The van der Waals surface area contributed by atoms with Crippen molar-refractivity contribution < 1.29 is 28.7 Å². The first kappa shape index (κ1) is 34.4. The van der Waals surface area contributed by atoms with E-state index in [-0.39, 0.29) is 49.8 Å². The summed E-state index contributed by atoms with van der Waals surface area (Å²) in [6.07, 6.45) is 6.28. The molecule has 12 nitrogen and oxygen atoms in total. The van der Waals surface area contributed by atoms with Crippen molar-refractivity contribution in [1.29, 1.82) is 0 Å². The quantitative estimate of drug-likeness (QED) is 0.307. The number of nitrogens with one attached hydrogen (secondary N) is 5. The van der Waals surface area contributed by atoms with Gasteiger partial charge in [-0.05, 0) is 81.8 Å². The zero-order chi connectivity index (χ0) is 34.4. The number of ether oxygens (including phenoxy) is 1. The number of amides is 5. The van der Waals surface area contributed by atoms with E-state index in [0.29, 0.717) is 18.6 Å². The highest BCUT2D eigenvalue weighted by Crippen LogP contribution is 2.36. The van der Waals surface area contributed by atoms with E-state index in [2.05, 4.69) is 31.5 Å². The molecule has 5 amide bonds. The molecule has 7 rings (SSSR count). The average Bonchev–Trinajstić information content (AvgIpc) is 3.90. The van der Waals surface area contributed by atoms with Crippen LogP contribution in [0, 0.1) is 5.92 Å². The van der Waals surface area contributed by atoms with Gasteiger partial charge in [-0.2, -0.15) is 0 Å². The van der Waals surface area contributed by atoms with Gasteiger partial charge in [-0.1, -0.05) is 48.9 Å². The fraction of sp³-hybridized carbons (Fsp3) is 0.541. The first-order valence-electron chi connectivity index (χ1n) is 17.7. The predicted octanol–water partition coefficient (Wildman–Crippen LogP) is 1.37. The van der Waals surface area contributed by atoms with E-state index in [1.807, 2.05) is 42.5 Å². The standard InChI is InChI=1S/C37H48N6O6/c1-24-32(44)40-30(22-25-8-3-2-4-9-25)35(47)42-37(16-17-37)36(48)38-18-21-49-27-14-12-26(13-15-27)23-29(34(46)39-24)41-33(45)28-10-7-20-43-19-6-5-11-31(28)43/h2-4,8-9,12-15,24,28-31H,5-7,10-11,16-23H2,1H3,(H,38,48)(H,39,46)(H,40,44)(H,41,45)(H,42,47)/t24-,28+,29-,30+,31+/m0/s1. The number of hydrogen-bond donors (Lipinski definition) is 5. The Balaban J connectivity index is 1.22. The molecule has 4 heterocycles. The van der Waals surface area contributed by atoms with Gasteiger partial charge in [0.1, 0.15) is 36.0 Å². The van der Waals surface area contributed by atoms with Gasteiger partial charge in [0.15, 0.2) is 0 Å². The van der Waals surface area contributed by atoms with Crippen LogP contribution < -0.4 is 31.3 Å². The van der Waals surface area contributed by atoms with Crippen molar-refractivity contribution in [3.8, 4) is 5.75 Å². The van der Waals surface area contributed by atoms with Gasteiger partial charge in [-0.25, -0.2) is 0 Å². The van der Waals surface area contributed by atoms with Crippen LogP contribution in [0.15, 0.2) is 54.6 Å². The molecule has 262 valence electrons. The van der Waals surface area contributed by atoms with Gasteiger partial charge in [0, 0.05) is 18.9 Å². The molecule has 3 fully saturated rings. The number of fused-ring (bicyclic) bond motifs is 16. The molecule has 0 unspecified atom stereocenters. The molecule has 2 aromatic rings. The van der Waals surface area contributed by atoms with Gasteiger partial charge in [0.25, 0.3) is 0 Å². The molecule has 4 aliphatic heterocycles. The zero-order valence-corrected chi connectivity index (χ0v) is 28.2. The number of carbonyl (C=O) groups excluding carboxylic acids is 5. The van der Waals surface area contributed by atoms with Crippen LogP contribution in [-0.4, -0.2) is 90.4 Å². The molecule has 0 radical (unpaired) electrons. The van der Waals surface area contributed by atoms with E-state index in [9.17, 15) is 24.0 Å². The van der Waals surface area contributed by atoms with Crippen molar-refractivity contribution >= 4 is 29.5 Å². The van der Waals surface area contributed by atoms with Crippen LogP contribution in [0.25, 0.3) is 0 Å². The summed E-state index contributed by atoms with van der Waals surface area (Å²) in [7, 11) is 0. The van der Waals surface area contributed by atoms with E-state index in [0.717, 1.165) is 56.3 Å². The molecule has 12 heteroatoms. The van der Waals surface area contributed by atoms with Gasteiger partial charge in [-0.15, -0.1) is 0 Å². The number of rotatable bonds is 4. The number of piperidine rings is 2. The third-order valence-corrected chi connectivity index (χ3v) is 10.3. The monoisotopic (exact) mass is 672 g/mol. The number of carbonyl (C=O) groups is 5. The zero-order valence-electron chi connectivity index (χ0n) is 28.2. The van der Waals surface area contributed by atoms with Crippen molar-refractivity contribution in [3.05, 3.63) is 65.7 Å². The SMILES string of the molecule is C[C@@H]1NC(=O)[C@@H](NC(=O)[C@@H]2CCCN3CCCC[C@H]23)Cc2ccc(cc2)OCCNC(=O)C2(CC2)NC(=O)[C@@H](Cc2ccccc2)NC1=O. The van der Waals surface area contributed by atoms with Crippen molar-refractivity contribution in [2.45, 2.75) is 94.4 Å². The second kappa shape index (κ2) is 15.4. The lowest BCUT2D eigenvalue weighted by Gasteiger charge is -2.43. The van der Waals surface area contributed by atoms with E-state index in [1.165, 1.54) is 0 Å². The Morgan fingerprint density at radius 1 is 0.898 bits per heavy atom. The molecule has 0 aromatic heterocycles. The van der Waals surface area contributed by atoms with E-state index < -0.39 is 41.4 Å². The summed E-state index contributed by atoms with van der Waals surface area (Å²) in [6.45, 7) is 4.01. The van der Waals surface area contributed by atoms with E-state index in [1.54, 1.807) is 19.1 Å². The third-order valence-electron chi connectivity index (χ3n) is 10.3. The van der Waals surface area contributed by atoms with Crippen molar-refractivity contribution in [1.82, 2.24) is 31.5 Å². The maximum absolute atomic E-state index is 13.9. The van der Waals surface area contributed by atoms with Gasteiger partial charge in [-0.3, -0.25) is 28.9 Å². The number of nitrogens with zero attached hydrogens (tertiary/aromatic N) is 1. The van der Waals surface area contributed by atoms with Crippen molar-refractivity contribution in [3.63, 3.8) is 0 Å². The molecule has 5 aliphatic rings. The Hall–Kier alpha value is -4.45. The normalized spacial score (nSPS) is 28.1. The van der Waals surface area contributed by atoms with E-state index >= 15 is 0 Å². The van der Waals surface area contributed by atoms with Crippen LogP contribution >= 0.6 is 0 Å². The summed E-state index contributed by atoms with van der Waals surface area (Å²) in [4.78, 5) is 70.4. The first-order valence-corrected chi connectivity index (χ1v) is 17.7. The predicted molar refractivity (Wildman–Crippen MR) is 182 cm³/mol. The van der Waals surface area contributed by atoms with Gasteiger partial charge >= 0.3 is 0 Å². The molecule has 1 aliphatic carbocycles. The Labute approximate surface area is 287 Å². The smallest absolute Gasteiger partial charge is 0.245 e. The molecule has 5 atom stereocenters. The molecule has 2 aromatic carbocycles. The van der Waals surface area contributed by atoms with Crippen LogP contribution in [0.1, 0.15) is 63.0 Å². The Morgan fingerprint density at radius 2 is 1.65 bits per heavy atom. The lowest BCUT2D eigenvalue weighted by Crippen LogP contribution is -2.59. The lowest BCUT2D eigenvalue weighted by molar-refractivity contribution is -0.136. The van der Waals surface area contributed by atoms with Gasteiger partial charge < -0.3 is 31.3 Å². The molecule has 5 N–H and O–H groups in total. The van der Waals surface area contributed by atoms with Crippen LogP contribution in [0.5, 0.6) is 5.75 Å². The minimum absolute atomic E-state index is 0.140. The minimum Gasteiger partial charge on any atom is -0.492 e. The maximum Gasteiger partial charge on any atom is 0.245 e. The minimum atomic E-state index is -1.04. The lowest BCUT2D eigenvalue weighted by atomic mass is 9.83. The molecule has 2 saturated heterocycles. The fourth-order valence-electron chi connectivity index (χ4n) is 7.30. The molecule has 2 bridgehead atoms. The largest absolute Gasteiger partial charge is 0.492 e. The maximum atomic E-state index is 13.9. The highest BCUT2D eigenvalue weighted by Gasteiger charge is 2.51. The molecule has 1 spiro atoms. The summed E-state index contributed by atoms with van der Waals surface area (Å²) < 4.78 is 5.85. The highest BCUT2D eigenvalue weighted by molar-refractivity contribution is 5.98. The van der Waals surface area contributed by atoms with Crippen LogP contribution in [0.3, 0.4) is 0 Å². The Bertz CT molecular complexity index is 1510. The molecule has 1 saturated carbocycles. The molecular weight excluding hydrogens is 624 g/mol. The summed E-state index contributed by atoms with van der Waals surface area (Å²) in [5, 5.41) is 14.4. The summed E-state index contributed by atoms with van der Waals surface area (Å²) in [5.41, 5.74) is 0.594. The topological polar surface area (TPSA) is 158 Å². The molecule has 49 heavy (non-hydrogen) atoms. The Kier molecular flexibility index (Phi) is 10.8. The average molecular weight is 673 g/mol. The molecular formula is C37H48N6O6. The van der Waals surface area contributed by atoms with Crippen molar-refractivity contribution in [2.75, 3.05) is 26.2 Å². The first-order chi connectivity index (χ1) is 23.7. The summed E-state index contributed by atoms with van der Waals surface area (Å²) in [6, 6.07) is 13.8. The Morgan fingerprint density at radius 3 is 2.41 bits per heavy atom. The van der Waals surface area contributed by atoms with Gasteiger partial charge in [0.2, 0.25) is 29.5 Å². The second-order valence-electron chi connectivity index (χ2n) is 13.9. The summed E-state index contributed by atoms with van der Waals surface area (Å²) in [5.74, 6) is -1.56.